The molecule has 0 atom stereocenters. The summed E-state index contributed by atoms with van der Waals surface area (Å²) in [6.45, 7) is 3.80. The second-order valence-corrected chi connectivity index (χ2v) is 3.64. The Morgan fingerprint density at radius 3 is 2.78 bits per heavy atom. The Morgan fingerprint density at radius 1 is 1.22 bits per heavy atom. The van der Waals surface area contributed by atoms with Gasteiger partial charge in [0.25, 0.3) is 0 Å². The summed E-state index contributed by atoms with van der Waals surface area (Å²) >= 11 is 0. The van der Waals surface area contributed by atoms with Crippen LogP contribution < -0.4 is 9.57 Å². The first kappa shape index (κ1) is 12.1. The highest BCUT2D eigenvalue weighted by molar-refractivity contribution is 5.81. The number of aromatic nitrogens is 1. The maximum absolute atomic E-state index is 10.8. The molecule has 4 nitrogen and oxygen atoms in total. The lowest BCUT2D eigenvalue weighted by Crippen LogP contribution is -2.43. The van der Waals surface area contributed by atoms with Crippen molar-refractivity contribution in [1.82, 2.24) is 0 Å². The van der Waals surface area contributed by atoms with Crippen LogP contribution in [0.1, 0.15) is 0 Å². The number of esters is 1. The fourth-order valence-electron chi connectivity index (χ4n) is 1.54. The van der Waals surface area contributed by atoms with Crippen LogP contribution in [0.4, 0.5) is 0 Å². The van der Waals surface area contributed by atoms with E-state index in [1.54, 1.807) is 4.73 Å². The molecule has 0 spiro atoms. The Kier molecular flexibility index (Phi) is 3.91. The minimum atomic E-state index is -0.442. The molecule has 0 saturated carbocycles. The molecule has 0 aliphatic carbocycles. The summed E-state index contributed by atoms with van der Waals surface area (Å²) in [7, 11) is 0. The molecule has 0 bridgehead atoms. The van der Waals surface area contributed by atoms with Crippen molar-refractivity contribution in [3.8, 4) is 0 Å². The van der Waals surface area contributed by atoms with Crippen molar-refractivity contribution < 1.29 is 19.1 Å². The molecule has 0 N–H and O–H groups in total. The second-order valence-electron chi connectivity index (χ2n) is 3.64. The number of hydrogen-bond donors (Lipinski definition) is 0. The Morgan fingerprint density at radius 2 is 2.00 bits per heavy atom. The Balaban J connectivity index is 1.91. The van der Waals surface area contributed by atoms with Gasteiger partial charge in [-0.3, -0.25) is 4.84 Å². The van der Waals surface area contributed by atoms with Gasteiger partial charge in [-0.25, -0.2) is 4.79 Å². The number of benzene rings is 1. The third-order valence-electron chi connectivity index (χ3n) is 2.40. The molecule has 0 unspecified atom stereocenters. The van der Waals surface area contributed by atoms with E-state index in [4.69, 9.17) is 9.57 Å². The second kappa shape index (κ2) is 5.82. The van der Waals surface area contributed by atoms with E-state index in [0.717, 1.165) is 16.8 Å². The van der Waals surface area contributed by atoms with Gasteiger partial charge >= 0.3 is 5.97 Å². The number of hydrogen-bond acceptors (Lipinski definition) is 3. The van der Waals surface area contributed by atoms with Crippen LogP contribution in [-0.2, 0) is 9.53 Å². The van der Waals surface area contributed by atoms with Crippen LogP contribution >= 0.6 is 0 Å². The number of carbonyl (C=O) groups is 1. The number of ether oxygens (including phenoxy) is 1. The van der Waals surface area contributed by atoms with E-state index in [1.807, 2.05) is 42.7 Å². The zero-order chi connectivity index (χ0) is 12.8. The fourth-order valence-corrected chi connectivity index (χ4v) is 1.54. The van der Waals surface area contributed by atoms with E-state index in [-0.39, 0.29) is 6.61 Å². The Hall–Kier alpha value is -2.36. The van der Waals surface area contributed by atoms with Gasteiger partial charge in [0.2, 0.25) is 12.4 Å². The predicted octanol–water partition coefficient (Wildman–Crippen LogP) is 1.29. The molecule has 1 aromatic carbocycles. The summed E-state index contributed by atoms with van der Waals surface area (Å²) in [4.78, 5) is 16.2. The van der Waals surface area contributed by atoms with Crippen molar-refractivity contribution in [3.63, 3.8) is 0 Å². The highest BCUT2D eigenvalue weighted by atomic mass is 16.7. The molecule has 0 fully saturated rings. The number of fused-ring (bicyclic) bond motifs is 1. The molecular formula is C14H14NO3+. The van der Waals surface area contributed by atoms with Crippen molar-refractivity contribution in [2.45, 2.75) is 0 Å². The van der Waals surface area contributed by atoms with Crippen LogP contribution in [-0.4, -0.2) is 19.2 Å². The van der Waals surface area contributed by atoms with E-state index in [0.29, 0.717) is 6.61 Å². The monoisotopic (exact) mass is 244 g/mol. The number of carbonyl (C=O) groups excluding carboxylic acids is 1. The molecular weight excluding hydrogens is 230 g/mol. The molecule has 18 heavy (non-hydrogen) atoms. The smallest absolute Gasteiger partial charge is 0.330 e. The standard InChI is InChI=1S/C14H14NO3/c1-2-14(16)17-9-10-18-15-8-7-12-5-3-4-6-13(12)11-15/h2-8,11H,1,9-10H2/q+1. The van der Waals surface area contributed by atoms with Crippen LogP contribution in [0.25, 0.3) is 10.8 Å². The zero-order valence-electron chi connectivity index (χ0n) is 9.91. The molecule has 92 valence electrons. The summed E-state index contributed by atoms with van der Waals surface area (Å²) in [5.41, 5.74) is 0. The third kappa shape index (κ3) is 3.07. The quantitative estimate of drug-likeness (QED) is 0.344. The molecule has 0 radical (unpaired) electrons. The lowest BCUT2D eigenvalue weighted by molar-refractivity contribution is -0.890. The third-order valence-corrected chi connectivity index (χ3v) is 2.40. The van der Waals surface area contributed by atoms with Crippen molar-refractivity contribution in [2.75, 3.05) is 13.2 Å². The fraction of sp³-hybridized carbons (Fsp3) is 0.143. The first-order chi connectivity index (χ1) is 8.79. The summed E-state index contributed by atoms with van der Waals surface area (Å²) in [5, 5.41) is 2.23. The first-order valence-corrected chi connectivity index (χ1v) is 5.62. The summed E-state index contributed by atoms with van der Waals surface area (Å²) in [6, 6.07) is 9.96. The van der Waals surface area contributed by atoms with Gasteiger partial charge in [0.1, 0.15) is 6.61 Å². The van der Waals surface area contributed by atoms with Crippen molar-refractivity contribution >= 4 is 16.7 Å². The number of pyridine rings is 1. The minimum absolute atomic E-state index is 0.199. The average Bonchev–Trinajstić information content (AvgIpc) is 2.43. The van der Waals surface area contributed by atoms with Crippen molar-refractivity contribution in [1.29, 1.82) is 0 Å². The van der Waals surface area contributed by atoms with Gasteiger partial charge in [-0.2, -0.15) is 0 Å². The molecule has 1 heterocycles. The van der Waals surface area contributed by atoms with E-state index >= 15 is 0 Å². The van der Waals surface area contributed by atoms with E-state index in [1.165, 1.54) is 0 Å². The zero-order valence-corrected chi connectivity index (χ0v) is 9.91. The molecule has 1 aromatic heterocycles. The minimum Gasteiger partial charge on any atom is -0.459 e. The van der Waals surface area contributed by atoms with Crippen LogP contribution in [0.2, 0.25) is 0 Å². The largest absolute Gasteiger partial charge is 0.459 e. The molecule has 4 heteroatoms. The summed E-state index contributed by atoms with van der Waals surface area (Å²) in [6.07, 6.45) is 4.82. The van der Waals surface area contributed by atoms with Crippen LogP contribution in [0, 0.1) is 0 Å². The Bertz CT molecular complexity index is 566. The normalized spacial score (nSPS) is 10.0. The van der Waals surface area contributed by atoms with Crippen LogP contribution in [0.15, 0.2) is 55.4 Å². The molecule has 0 saturated heterocycles. The van der Waals surface area contributed by atoms with E-state index in [9.17, 15) is 4.79 Å². The molecule has 0 amide bonds. The Labute approximate surface area is 105 Å². The van der Waals surface area contributed by atoms with Crippen LogP contribution in [0.5, 0.6) is 0 Å². The summed E-state index contributed by atoms with van der Waals surface area (Å²) < 4.78 is 6.41. The van der Waals surface area contributed by atoms with Crippen molar-refractivity contribution in [2.24, 2.45) is 0 Å². The van der Waals surface area contributed by atoms with Crippen LogP contribution in [0.3, 0.4) is 0 Å². The number of nitrogens with zero attached hydrogens (tertiary/aromatic N) is 1. The molecule has 2 aromatic rings. The van der Waals surface area contributed by atoms with E-state index < -0.39 is 5.97 Å². The van der Waals surface area contributed by atoms with Gasteiger partial charge in [0.15, 0.2) is 6.61 Å². The van der Waals surface area contributed by atoms with Gasteiger partial charge in [0.05, 0.1) is 5.39 Å². The molecule has 0 aliphatic heterocycles. The van der Waals surface area contributed by atoms with Gasteiger partial charge in [-0.05, 0) is 11.5 Å². The van der Waals surface area contributed by atoms with Gasteiger partial charge in [-0.15, -0.1) is 0 Å². The SMILES string of the molecule is C=CC(=O)OCCO[n+]1ccc2ccccc2c1. The average molecular weight is 244 g/mol. The maximum atomic E-state index is 10.8. The first-order valence-electron chi connectivity index (χ1n) is 5.62. The maximum Gasteiger partial charge on any atom is 0.330 e. The number of rotatable bonds is 5. The lowest BCUT2D eigenvalue weighted by Gasteiger charge is -2.01. The van der Waals surface area contributed by atoms with Gasteiger partial charge in [0, 0.05) is 16.9 Å². The highest BCUT2D eigenvalue weighted by Gasteiger charge is 2.04. The molecule has 0 aliphatic rings. The predicted molar refractivity (Wildman–Crippen MR) is 66.7 cm³/mol. The highest BCUT2D eigenvalue weighted by Crippen LogP contribution is 2.08. The van der Waals surface area contributed by atoms with Gasteiger partial charge in [-0.1, -0.05) is 24.8 Å². The molecule has 2 rings (SSSR count). The topological polar surface area (TPSA) is 39.4 Å². The summed E-state index contributed by atoms with van der Waals surface area (Å²) in [5.74, 6) is -0.442. The van der Waals surface area contributed by atoms with Crippen molar-refractivity contribution in [3.05, 3.63) is 55.4 Å². The van der Waals surface area contributed by atoms with Gasteiger partial charge < -0.3 is 4.74 Å². The lowest BCUT2D eigenvalue weighted by atomic mass is 10.2. The van der Waals surface area contributed by atoms with E-state index in [2.05, 4.69) is 6.58 Å².